The predicted octanol–water partition coefficient (Wildman–Crippen LogP) is 2.44. The van der Waals surface area contributed by atoms with E-state index in [2.05, 4.69) is 6.92 Å². The Kier molecular flexibility index (Phi) is 6.76. The van der Waals surface area contributed by atoms with Crippen LogP contribution in [0.25, 0.3) is 0 Å². The average Bonchev–Trinajstić information content (AvgIpc) is 2.17. The van der Waals surface area contributed by atoms with Crippen LogP contribution in [0.4, 0.5) is 0 Å². The Hall–Kier alpha value is -1.71. The Labute approximate surface area is 95.5 Å². The van der Waals surface area contributed by atoms with Crippen molar-refractivity contribution in [3.05, 3.63) is 23.8 Å². The number of ether oxygens (including phenoxy) is 1. The minimum atomic E-state index is -0.833. The van der Waals surface area contributed by atoms with E-state index in [1.54, 1.807) is 19.2 Å². The molecule has 0 aliphatic heterocycles. The molecule has 16 heavy (non-hydrogen) atoms. The summed E-state index contributed by atoms with van der Waals surface area (Å²) in [5.74, 6) is -0.0710. The van der Waals surface area contributed by atoms with E-state index < -0.39 is 5.97 Å². The summed E-state index contributed by atoms with van der Waals surface area (Å²) in [5.41, 5.74) is 1.15. The van der Waals surface area contributed by atoms with Crippen LogP contribution in [0.2, 0.25) is 0 Å². The van der Waals surface area contributed by atoms with Crippen molar-refractivity contribution in [2.24, 2.45) is 0 Å². The zero-order valence-corrected chi connectivity index (χ0v) is 9.86. The van der Waals surface area contributed by atoms with E-state index in [9.17, 15) is 5.11 Å². The van der Waals surface area contributed by atoms with Gasteiger partial charge in [-0.05, 0) is 24.1 Å². The van der Waals surface area contributed by atoms with Crippen molar-refractivity contribution >= 4 is 5.97 Å². The molecule has 1 rings (SSSR count). The van der Waals surface area contributed by atoms with Crippen LogP contribution in [0.15, 0.2) is 18.2 Å². The number of phenolic OH excluding ortho intramolecular Hbond substituents is 1. The van der Waals surface area contributed by atoms with E-state index in [0.717, 1.165) is 25.3 Å². The summed E-state index contributed by atoms with van der Waals surface area (Å²) in [5, 5.41) is 16.8. The second-order valence-corrected chi connectivity index (χ2v) is 3.28. The summed E-state index contributed by atoms with van der Waals surface area (Å²) >= 11 is 0. The van der Waals surface area contributed by atoms with Gasteiger partial charge in [-0.2, -0.15) is 0 Å². The van der Waals surface area contributed by atoms with Crippen molar-refractivity contribution in [3.63, 3.8) is 0 Å². The molecule has 0 bridgehead atoms. The molecule has 0 fully saturated rings. The third-order valence-corrected chi connectivity index (χ3v) is 1.78. The Morgan fingerprint density at radius 3 is 2.38 bits per heavy atom. The monoisotopic (exact) mass is 226 g/mol. The highest BCUT2D eigenvalue weighted by Gasteiger charge is 2.00. The lowest BCUT2D eigenvalue weighted by molar-refractivity contribution is -0.134. The summed E-state index contributed by atoms with van der Waals surface area (Å²) in [6.07, 6.45) is 2.09. The van der Waals surface area contributed by atoms with Crippen molar-refractivity contribution in [1.29, 1.82) is 0 Å². The zero-order chi connectivity index (χ0) is 12.6. The number of phenols is 1. The quantitative estimate of drug-likeness (QED) is 0.830. The van der Waals surface area contributed by atoms with Gasteiger partial charge in [0.15, 0.2) is 11.5 Å². The number of carboxylic acids is 1. The number of aliphatic carboxylic acids is 1. The third kappa shape index (κ3) is 5.90. The summed E-state index contributed by atoms with van der Waals surface area (Å²) in [7, 11) is 1.55. The zero-order valence-electron chi connectivity index (χ0n) is 9.86. The summed E-state index contributed by atoms with van der Waals surface area (Å²) in [6, 6.07) is 5.52. The van der Waals surface area contributed by atoms with Gasteiger partial charge in [-0.25, -0.2) is 0 Å². The number of benzene rings is 1. The second kappa shape index (κ2) is 7.56. The Balaban J connectivity index is 0.000000487. The maximum atomic E-state index is 9.39. The van der Waals surface area contributed by atoms with E-state index in [1.165, 1.54) is 0 Å². The van der Waals surface area contributed by atoms with Gasteiger partial charge in [-0.15, -0.1) is 0 Å². The molecule has 0 heterocycles. The van der Waals surface area contributed by atoms with Gasteiger partial charge in [0, 0.05) is 6.92 Å². The van der Waals surface area contributed by atoms with Gasteiger partial charge in [0.25, 0.3) is 5.97 Å². The lowest BCUT2D eigenvalue weighted by Crippen LogP contribution is -1.86. The van der Waals surface area contributed by atoms with E-state index >= 15 is 0 Å². The van der Waals surface area contributed by atoms with Crippen molar-refractivity contribution in [1.82, 2.24) is 0 Å². The Morgan fingerprint density at radius 1 is 1.44 bits per heavy atom. The lowest BCUT2D eigenvalue weighted by Gasteiger charge is -2.04. The molecule has 0 saturated carbocycles. The molecule has 0 aliphatic rings. The van der Waals surface area contributed by atoms with E-state index in [4.69, 9.17) is 14.6 Å². The molecule has 4 nitrogen and oxygen atoms in total. The first-order chi connectivity index (χ1) is 7.51. The number of hydrogen-bond donors (Lipinski definition) is 2. The van der Waals surface area contributed by atoms with Gasteiger partial charge in [-0.1, -0.05) is 19.4 Å². The Bertz CT molecular complexity index is 330. The molecule has 4 heteroatoms. The van der Waals surface area contributed by atoms with Crippen molar-refractivity contribution in [2.75, 3.05) is 7.11 Å². The van der Waals surface area contributed by atoms with Gasteiger partial charge >= 0.3 is 0 Å². The molecule has 0 radical (unpaired) electrons. The molecular weight excluding hydrogens is 208 g/mol. The molecule has 0 amide bonds. The first kappa shape index (κ1) is 14.3. The summed E-state index contributed by atoms with van der Waals surface area (Å²) in [6.45, 7) is 3.20. The maximum absolute atomic E-state index is 9.39. The molecule has 2 N–H and O–H groups in total. The predicted molar refractivity (Wildman–Crippen MR) is 62.0 cm³/mol. The van der Waals surface area contributed by atoms with E-state index in [1.807, 2.05) is 6.07 Å². The smallest absolute Gasteiger partial charge is 0.300 e. The van der Waals surface area contributed by atoms with Crippen molar-refractivity contribution in [3.8, 4) is 11.5 Å². The number of aromatic hydroxyl groups is 1. The molecule has 0 unspecified atom stereocenters. The SMILES string of the molecule is CC(=O)O.CCCc1ccc(OC)c(O)c1. The highest BCUT2D eigenvalue weighted by Crippen LogP contribution is 2.26. The molecule has 0 saturated heterocycles. The molecule has 0 aliphatic carbocycles. The van der Waals surface area contributed by atoms with E-state index in [0.29, 0.717) is 5.75 Å². The molecule has 0 aromatic heterocycles. The molecule has 1 aromatic carbocycles. The van der Waals surface area contributed by atoms with Gasteiger partial charge in [0.1, 0.15) is 0 Å². The summed E-state index contributed by atoms with van der Waals surface area (Å²) in [4.78, 5) is 9.00. The van der Waals surface area contributed by atoms with Crippen LogP contribution in [0.1, 0.15) is 25.8 Å². The van der Waals surface area contributed by atoms with Crippen LogP contribution in [0, 0.1) is 0 Å². The molecule has 0 atom stereocenters. The van der Waals surface area contributed by atoms with Gasteiger partial charge in [0.2, 0.25) is 0 Å². The molecule has 1 aromatic rings. The van der Waals surface area contributed by atoms with Crippen molar-refractivity contribution < 1.29 is 19.7 Å². The average molecular weight is 226 g/mol. The number of methoxy groups -OCH3 is 1. The van der Waals surface area contributed by atoms with Crippen molar-refractivity contribution in [2.45, 2.75) is 26.7 Å². The minimum absolute atomic E-state index is 0.225. The van der Waals surface area contributed by atoms with E-state index in [-0.39, 0.29) is 5.75 Å². The molecular formula is C12H18O4. The molecule has 0 spiro atoms. The first-order valence-corrected chi connectivity index (χ1v) is 5.06. The highest BCUT2D eigenvalue weighted by atomic mass is 16.5. The standard InChI is InChI=1S/C10H14O2.C2H4O2/c1-3-4-8-5-6-10(12-2)9(11)7-8;1-2(3)4/h5-7,11H,3-4H2,1-2H3;1H3,(H,3,4). The van der Waals surface area contributed by atoms with Crippen LogP contribution < -0.4 is 4.74 Å². The van der Waals surface area contributed by atoms with Gasteiger partial charge in [0.05, 0.1) is 7.11 Å². The number of carboxylic acid groups (broad SMARTS) is 1. The lowest BCUT2D eigenvalue weighted by atomic mass is 10.1. The van der Waals surface area contributed by atoms with Crippen LogP contribution in [0.5, 0.6) is 11.5 Å². The normalized spacial score (nSPS) is 8.94. The maximum Gasteiger partial charge on any atom is 0.300 e. The third-order valence-electron chi connectivity index (χ3n) is 1.78. The minimum Gasteiger partial charge on any atom is -0.504 e. The summed E-state index contributed by atoms with van der Waals surface area (Å²) < 4.78 is 4.93. The number of rotatable bonds is 3. The fourth-order valence-corrected chi connectivity index (χ4v) is 1.18. The van der Waals surface area contributed by atoms with Gasteiger partial charge in [-0.3, -0.25) is 4.79 Å². The largest absolute Gasteiger partial charge is 0.504 e. The van der Waals surface area contributed by atoms with Crippen LogP contribution in [-0.2, 0) is 11.2 Å². The number of hydrogen-bond acceptors (Lipinski definition) is 3. The van der Waals surface area contributed by atoms with Crippen LogP contribution in [0.3, 0.4) is 0 Å². The first-order valence-electron chi connectivity index (χ1n) is 5.06. The number of aryl methyl sites for hydroxylation is 1. The highest BCUT2D eigenvalue weighted by molar-refractivity contribution is 5.62. The van der Waals surface area contributed by atoms with Crippen LogP contribution in [-0.4, -0.2) is 23.3 Å². The number of carbonyl (C=O) groups is 1. The second-order valence-electron chi connectivity index (χ2n) is 3.28. The molecule has 90 valence electrons. The van der Waals surface area contributed by atoms with Crippen LogP contribution >= 0.6 is 0 Å². The van der Waals surface area contributed by atoms with Gasteiger partial charge < -0.3 is 14.9 Å². The topological polar surface area (TPSA) is 66.8 Å². The Morgan fingerprint density at radius 2 is 2.00 bits per heavy atom. The fraction of sp³-hybridized carbons (Fsp3) is 0.417. The fourth-order valence-electron chi connectivity index (χ4n) is 1.18.